The van der Waals surface area contributed by atoms with Gasteiger partial charge in [0.1, 0.15) is 5.75 Å². The van der Waals surface area contributed by atoms with Crippen LogP contribution in [-0.4, -0.2) is 26.1 Å². The number of halogens is 4. The van der Waals surface area contributed by atoms with Crippen LogP contribution >= 0.6 is 11.6 Å². The average Bonchev–Trinajstić information content (AvgIpc) is 2.16. The Balaban J connectivity index is 2.98. The Kier molecular flexibility index (Phi) is 3.83. The molecular weight excluding hydrogens is 281 g/mol. The summed E-state index contributed by atoms with van der Waals surface area (Å²) in [6.45, 7) is 0. The van der Waals surface area contributed by atoms with Gasteiger partial charge in [0.15, 0.2) is 9.84 Å². The number of carbonyl (C=O) groups excluding carboxylic acids is 1. The molecule has 1 rings (SSSR count). The molecule has 0 atom stereocenters. The van der Waals surface area contributed by atoms with Crippen LogP contribution in [0.2, 0.25) is 5.02 Å². The molecule has 0 aromatic heterocycles. The van der Waals surface area contributed by atoms with Crippen LogP contribution in [0.1, 0.15) is 0 Å². The number of sulfone groups is 1. The van der Waals surface area contributed by atoms with Crippen molar-refractivity contribution >= 4 is 27.2 Å². The van der Waals surface area contributed by atoms with Crippen LogP contribution in [-0.2, 0) is 14.6 Å². The van der Waals surface area contributed by atoms with Gasteiger partial charge in [0.25, 0.3) is 5.78 Å². The molecule has 0 N–H and O–H groups in total. The first kappa shape index (κ1) is 14.0. The van der Waals surface area contributed by atoms with Gasteiger partial charge in [-0.25, -0.2) is 8.42 Å². The zero-order valence-corrected chi connectivity index (χ0v) is 9.73. The molecule has 94 valence electrons. The third-order valence-electron chi connectivity index (χ3n) is 1.81. The average molecular weight is 287 g/mol. The Morgan fingerprint density at radius 3 is 2.06 bits per heavy atom. The second-order valence-electron chi connectivity index (χ2n) is 3.13. The Morgan fingerprint density at radius 1 is 1.18 bits per heavy atom. The summed E-state index contributed by atoms with van der Waals surface area (Å²) in [5.41, 5.74) is 0. The molecule has 0 amide bonds. The van der Waals surface area contributed by atoms with Crippen LogP contribution in [0.15, 0.2) is 29.2 Å². The highest BCUT2D eigenvalue weighted by molar-refractivity contribution is 7.92. The lowest BCUT2D eigenvalue weighted by Gasteiger charge is -2.06. The maximum atomic E-state index is 11.9. The van der Waals surface area contributed by atoms with Crippen LogP contribution in [0.4, 0.5) is 13.2 Å². The zero-order chi connectivity index (χ0) is 13.3. The molecule has 1 aromatic rings. The Hall–Kier alpha value is -1.08. The fraction of sp³-hybridized carbons (Fsp3) is 0.222. The summed E-state index contributed by atoms with van der Waals surface area (Å²) in [6.07, 6.45) is -5.15. The monoisotopic (exact) mass is 286 g/mol. The topological polar surface area (TPSA) is 51.2 Å². The van der Waals surface area contributed by atoms with Crippen molar-refractivity contribution in [3.8, 4) is 0 Å². The molecule has 0 aliphatic heterocycles. The fourth-order valence-electron chi connectivity index (χ4n) is 0.980. The highest BCUT2D eigenvalue weighted by atomic mass is 35.5. The molecule has 0 aliphatic carbocycles. The van der Waals surface area contributed by atoms with E-state index in [1.54, 1.807) is 0 Å². The minimum Gasteiger partial charge on any atom is -0.288 e. The zero-order valence-electron chi connectivity index (χ0n) is 8.16. The first-order valence-corrected chi connectivity index (χ1v) is 6.24. The normalized spacial score (nSPS) is 12.5. The van der Waals surface area contributed by atoms with Crippen molar-refractivity contribution in [3.63, 3.8) is 0 Å². The summed E-state index contributed by atoms with van der Waals surface area (Å²) in [4.78, 5) is 10.2. The van der Waals surface area contributed by atoms with Gasteiger partial charge in [-0.15, -0.1) is 0 Å². The maximum absolute atomic E-state index is 11.9. The predicted octanol–water partition coefficient (Wildman–Crippen LogP) is 2.25. The molecule has 17 heavy (non-hydrogen) atoms. The highest BCUT2D eigenvalue weighted by Gasteiger charge is 2.41. The maximum Gasteiger partial charge on any atom is 0.451 e. The fourth-order valence-corrected chi connectivity index (χ4v) is 2.33. The van der Waals surface area contributed by atoms with Gasteiger partial charge in [0.2, 0.25) is 0 Å². The lowest BCUT2D eigenvalue weighted by Crippen LogP contribution is -2.30. The molecule has 0 saturated carbocycles. The third-order valence-corrected chi connectivity index (χ3v) is 3.69. The van der Waals surface area contributed by atoms with Crippen molar-refractivity contribution in [2.24, 2.45) is 0 Å². The molecule has 0 heterocycles. The molecule has 8 heteroatoms. The van der Waals surface area contributed by atoms with Crippen LogP contribution in [0.5, 0.6) is 0 Å². The quantitative estimate of drug-likeness (QED) is 0.856. The number of ketones is 1. The molecule has 0 fully saturated rings. The second kappa shape index (κ2) is 4.66. The number of alkyl halides is 3. The van der Waals surface area contributed by atoms with Crippen LogP contribution in [0.3, 0.4) is 0 Å². The van der Waals surface area contributed by atoms with Crippen molar-refractivity contribution in [2.75, 3.05) is 5.75 Å². The standard InChI is InChI=1S/C9H6ClF3O3S/c10-6-1-3-7(4-2-6)17(15,16)5-8(14)9(11,12)13/h1-4H,5H2. The van der Waals surface area contributed by atoms with Gasteiger partial charge in [-0.05, 0) is 24.3 Å². The molecule has 0 spiro atoms. The van der Waals surface area contributed by atoms with E-state index < -0.39 is 27.5 Å². The van der Waals surface area contributed by atoms with Crippen molar-refractivity contribution in [1.29, 1.82) is 0 Å². The van der Waals surface area contributed by atoms with E-state index in [1.807, 2.05) is 0 Å². The first-order valence-electron chi connectivity index (χ1n) is 4.21. The SMILES string of the molecule is O=C(CS(=O)(=O)c1ccc(Cl)cc1)C(F)(F)F. The molecule has 0 radical (unpaired) electrons. The highest BCUT2D eigenvalue weighted by Crippen LogP contribution is 2.20. The summed E-state index contributed by atoms with van der Waals surface area (Å²) in [6, 6.07) is 4.52. The van der Waals surface area contributed by atoms with E-state index in [4.69, 9.17) is 11.6 Å². The summed E-state index contributed by atoms with van der Waals surface area (Å²) in [5, 5.41) is 0.242. The van der Waals surface area contributed by atoms with Crippen molar-refractivity contribution in [1.82, 2.24) is 0 Å². The van der Waals surface area contributed by atoms with Crippen molar-refractivity contribution in [3.05, 3.63) is 29.3 Å². The molecule has 1 aromatic carbocycles. The van der Waals surface area contributed by atoms with Gasteiger partial charge in [0, 0.05) is 5.02 Å². The van der Waals surface area contributed by atoms with Gasteiger partial charge >= 0.3 is 6.18 Å². The molecule has 0 saturated heterocycles. The van der Waals surface area contributed by atoms with E-state index >= 15 is 0 Å². The molecule has 0 aliphatic rings. The van der Waals surface area contributed by atoms with Gasteiger partial charge in [-0.3, -0.25) is 4.79 Å². The van der Waals surface area contributed by atoms with Crippen LogP contribution < -0.4 is 0 Å². The number of benzene rings is 1. The Morgan fingerprint density at radius 2 is 1.65 bits per heavy atom. The molecule has 0 bridgehead atoms. The van der Waals surface area contributed by atoms with Gasteiger partial charge in [0.05, 0.1) is 4.90 Å². The number of hydrogen-bond donors (Lipinski definition) is 0. The number of hydrogen-bond acceptors (Lipinski definition) is 3. The summed E-state index contributed by atoms with van der Waals surface area (Å²) >= 11 is 5.50. The minimum atomic E-state index is -5.15. The summed E-state index contributed by atoms with van der Waals surface area (Å²) in [7, 11) is -4.29. The minimum absolute atomic E-state index is 0.242. The smallest absolute Gasteiger partial charge is 0.288 e. The predicted molar refractivity (Wildman–Crippen MR) is 54.6 cm³/mol. The van der Waals surface area contributed by atoms with Gasteiger partial charge in [-0.2, -0.15) is 13.2 Å². The van der Waals surface area contributed by atoms with E-state index in [2.05, 4.69) is 0 Å². The number of Topliss-reactive ketones (excluding diaryl/α,β-unsaturated/α-hetero) is 1. The van der Waals surface area contributed by atoms with Crippen molar-refractivity contribution in [2.45, 2.75) is 11.1 Å². The van der Waals surface area contributed by atoms with Crippen LogP contribution in [0.25, 0.3) is 0 Å². The van der Waals surface area contributed by atoms with E-state index in [0.29, 0.717) is 0 Å². The van der Waals surface area contributed by atoms with E-state index in [9.17, 15) is 26.4 Å². The van der Waals surface area contributed by atoms with Gasteiger partial charge in [-0.1, -0.05) is 11.6 Å². The van der Waals surface area contributed by atoms with Crippen molar-refractivity contribution < 1.29 is 26.4 Å². The van der Waals surface area contributed by atoms with E-state index in [1.165, 1.54) is 12.1 Å². The Bertz CT molecular complexity index is 519. The second-order valence-corrected chi connectivity index (χ2v) is 5.56. The summed E-state index contributed by atoms with van der Waals surface area (Å²) in [5.74, 6) is -3.90. The Labute approximate surface area is 100 Å². The third kappa shape index (κ3) is 3.71. The largest absolute Gasteiger partial charge is 0.451 e. The number of rotatable bonds is 3. The molecule has 3 nitrogen and oxygen atoms in total. The first-order chi connectivity index (χ1) is 7.63. The lowest BCUT2D eigenvalue weighted by molar-refractivity contribution is -0.168. The lowest BCUT2D eigenvalue weighted by atomic mass is 10.4. The van der Waals surface area contributed by atoms with E-state index in [-0.39, 0.29) is 9.92 Å². The summed E-state index contributed by atoms with van der Waals surface area (Å²) < 4.78 is 58.6. The number of carbonyl (C=O) groups is 1. The van der Waals surface area contributed by atoms with Gasteiger partial charge < -0.3 is 0 Å². The molecule has 0 unspecified atom stereocenters. The molecular formula is C9H6ClF3O3S. The van der Waals surface area contributed by atoms with Crippen LogP contribution in [0, 0.1) is 0 Å². The van der Waals surface area contributed by atoms with E-state index in [0.717, 1.165) is 12.1 Å².